The van der Waals surface area contributed by atoms with E-state index in [4.69, 9.17) is 5.73 Å². The molecule has 0 saturated carbocycles. The highest BCUT2D eigenvalue weighted by Crippen LogP contribution is 2.19. The number of nitrogens with two attached hydrogens (primary N) is 1. The minimum Gasteiger partial charge on any atom is -0.326 e. The molecule has 0 amide bonds. The van der Waals surface area contributed by atoms with Gasteiger partial charge in [0.1, 0.15) is 0 Å². The maximum absolute atomic E-state index is 5.98. The van der Waals surface area contributed by atoms with Crippen LogP contribution in [0.2, 0.25) is 0 Å². The molecule has 1 heterocycles. The highest BCUT2D eigenvalue weighted by Gasteiger charge is 2.29. The fourth-order valence-electron chi connectivity index (χ4n) is 1.96. The van der Waals surface area contributed by atoms with E-state index in [-0.39, 0.29) is 5.54 Å². The molecule has 3 nitrogen and oxygen atoms in total. The zero-order chi connectivity index (χ0) is 9.19. The van der Waals surface area contributed by atoms with Crippen LogP contribution in [0, 0.1) is 5.92 Å². The molecule has 0 spiro atoms. The van der Waals surface area contributed by atoms with Gasteiger partial charge in [0.25, 0.3) is 0 Å². The van der Waals surface area contributed by atoms with Gasteiger partial charge in [-0.2, -0.15) is 0 Å². The third kappa shape index (κ3) is 2.73. The van der Waals surface area contributed by atoms with E-state index in [0.717, 1.165) is 19.5 Å². The van der Waals surface area contributed by atoms with Crippen molar-refractivity contribution in [3.63, 3.8) is 0 Å². The Kier molecular flexibility index (Phi) is 3.09. The van der Waals surface area contributed by atoms with Gasteiger partial charge in [0.2, 0.25) is 0 Å². The zero-order valence-electron chi connectivity index (χ0n) is 8.35. The molecule has 1 aliphatic heterocycles. The molecule has 2 atom stereocenters. The van der Waals surface area contributed by atoms with Crippen LogP contribution in [0.1, 0.15) is 20.3 Å². The third-order valence-corrected chi connectivity index (χ3v) is 2.50. The Morgan fingerprint density at radius 1 is 1.50 bits per heavy atom. The van der Waals surface area contributed by atoms with E-state index in [2.05, 4.69) is 24.5 Å². The second kappa shape index (κ2) is 3.73. The standard InChI is InChI=1S/C9H21N3/c1-9(2,10)4-7-5-12-6-8(7)11-3/h7-8,11-12H,4-6,10H2,1-3H3. The summed E-state index contributed by atoms with van der Waals surface area (Å²) in [5, 5.41) is 6.70. The summed E-state index contributed by atoms with van der Waals surface area (Å²) in [6.45, 7) is 6.37. The largest absolute Gasteiger partial charge is 0.326 e. The van der Waals surface area contributed by atoms with Gasteiger partial charge >= 0.3 is 0 Å². The Bertz CT molecular complexity index is 139. The Labute approximate surface area is 75.1 Å². The monoisotopic (exact) mass is 171 g/mol. The van der Waals surface area contributed by atoms with E-state index >= 15 is 0 Å². The molecule has 0 aromatic rings. The first kappa shape index (κ1) is 9.96. The Hall–Kier alpha value is -0.120. The van der Waals surface area contributed by atoms with Crippen molar-refractivity contribution in [2.24, 2.45) is 11.7 Å². The van der Waals surface area contributed by atoms with Crippen LogP contribution in [0.3, 0.4) is 0 Å². The van der Waals surface area contributed by atoms with E-state index < -0.39 is 0 Å². The van der Waals surface area contributed by atoms with Gasteiger partial charge in [-0.3, -0.25) is 0 Å². The van der Waals surface area contributed by atoms with Crippen LogP contribution in [0.5, 0.6) is 0 Å². The normalized spacial score (nSPS) is 31.0. The second-order valence-electron chi connectivity index (χ2n) is 4.51. The first-order valence-corrected chi connectivity index (χ1v) is 4.70. The number of hydrogen-bond donors (Lipinski definition) is 3. The van der Waals surface area contributed by atoms with E-state index in [1.165, 1.54) is 0 Å². The smallest absolute Gasteiger partial charge is 0.0230 e. The van der Waals surface area contributed by atoms with Gasteiger partial charge in [-0.25, -0.2) is 0 Å². The molecule has 1 saturated heterocycles. The molecule has 4 N–H and O–H groups in total. The van der Waals surface area contributed by atoms with Crippen molar-refractivity contribution in [1.82, 2.24) is 10.6 Å². The van der Waals surface area contributed by atoms with E-state index in [9.17, 15) is 0 Å². The molecule has 1 fully saturated rings. The SMILES string of the molecule is CNC1CNCC1CC(C)(C)N. The lowest BCUT2D eigenvalue weighted by Crippen LogP contribution is -2.41. The predicted molar refractivity (Wildman–Crippen MR) is 52.1 cm³/mol. The van der Waals surface area contributed by atoms with Crippen LogP contribution in [-0.4, -0.2) is 31.7 Å². The van der Waals surface area contributed by atoms with Crippen LogP contribution < -0.4 is 16.4 Å². The van der Waals surface area contributed by atoms with Gasteiger partial charge in [-0.15, -0.1) is 0 Å². The fourth-order valence-corrected chi connectivity index (χ4v) is 1.96. The van der Waals surface area contributed by atoms with Gasteiger partial charge in [0, 0.05) is 18.1 Å². The Morgan fingerprint density at radius 2 is 2.17 bits per heavy atom. The van der Waals surface area contributed by atoms with Crippen molar-refractivity contribution in [3.05, 3.63) is 0 Å². The maximum atomic E-state index is 5.98. The van der Waals surface area contributed by atoms with Crippen LogP contribution >= 0.6 is 0 Å². The molecular formula is C9H21N3. The van der Waals surface area contributed by atoms with E-state index in [1.54, 1.807) is 0 Å². The molecule has 1 rings (SSSR count). The Morgan fingerprint density at radius 3 is 2.67 bits per heavy atom. The summed E-state index contributed by atoms with van der Waals surface area (Å²) in [6, 6.07) is 0.604. The van der Waals surface area contributed by atoms with Crippen LogP contribution in [0.25, 0.3) is 0 Å². The van der Waals surface area contributed by atoms with Crippen molar-refractivity contribution in [2.75, 3.05) is 20.1 Å². The minimum atomic E-state index is -0.0359. The van der Waals surface area contributed by atoms with Gasteiger partial charge in [-0.05, 0) is 39.8 Å². The fraction of sp³-hybridized carbons (Fsp3) is 1.00. The molecule has 0 radical (unpaired) electrons. The van der Waals surface area contributed by atoms with E-state index in [0.29, 0.717) is 12.0 Å². The lowest BCUT2D eigenvalue weighted by atomic mass is 9.88. The number of nitrogens with one attached hydrogen (secondary N) is 2. The summed E-state index contributed by atoms with van der Waals surface area (Å²) in [5.41, 5.74) is 5.94. The average Bonchev–Trinajstić information content (AvgIpc) is 2.31. The van der Waals surface area contributed by atoms with Crippen molar-refractivity contribution in [3.8, 4) is 0 Å². The molecule has 12 heavy (non-hydrogen) atoms. The summed E-state index contributed by atoms with van der Waals surface area (Å²) in [5.74, 6) is 0.690. The van der Waals surface area contributed by atoms with Gasteiger partial charge in [0.05, 0.1) is 0 Å². The average molecular weight is 171 g/mol. The summed E-state index contributed by atoms with van der Waals surface area (Å²) < 4.78 is 0. The summed E-state index contributed by atoms with van der Waals surface area (Å²) in [6.07, 6.45) is 1.09. The zero-order valence-corrected chi connectivity index (χ0v) is 8.35. The van der Waals surface area contributed by atoms with Crippen LogP contribution in [0.4, 0.5) is 0 Å². The highest BCUT2D eigenvalue weighted by molar-refractivity contribution is 4.90. The van der Waals surface area contributed by atoms with Crippen LogP contribution in [0.15, 0.2) is 0 Å². The van der Waals surface area contributed by atoms with Gasteiger partial charge < -0.3 is 16.4 Å². The number of likely N-dealkylation sites (N-methyl/N-ethyl adjacent to an activating group) is 1. The van der Waals surface area contributed by atoms with Crippen LogP contribution in [-0.2, 0) is 0 Å². The molecule has 1 aliphatic rings. The molecule has 0 aromatic heterocycles. The van der Waals surface area contributed by atoms with Crippen molar-refractivity contribution >= 4 is 0 Å². The molecular weight excluding hydrogens is 150 g/mol. The molecule has 0 aliphatic carbocycles. The molecule has 72 valence electrons. The molecule has 0 bridgehead atoms. The van der Waals surface area contributed by atoms with Crippen molar-refractivity contribution in [1.29, 1.82) is 0 Å². The van der Waals surface area contributed by atoms with Crippen molar-refractivity contribution < 1.29 is 0 Å². The molecule has 0 aromatic carbocycles. The number of rotatable bonds is 3. The topological polar surface area (TPSA) is 50.1 Å². The first-order chi connectivity index (χ1) is 5.53. The number of hydrogen-bond acceptors (Lipinski definition) is 3. The lowest BCUT2D eigenvalue weighted by molar-refractivity contribution is 0.337. The minimum absolute atomic E-state index is 0.0359. The summed E-state index contributed by atoms with van der Waals surface area (Å²) in [4.78, 5) is 0. The van der Waals surface area contributed by atoms with Gasteiger partial charge in [-0.1, -0.05) is 0 Å². The Balaban J connectivity index is 2.41. The summed E-state index contributed by atoms with van der Waals surface area (Å²) in [7, 11) is 2.02. The van der Waals surface area contributed by atoms with Gasteiger partial charge in [0.15, 0.2) is 0 Å². The summed E-state index contributed by atoms with van der Waals surface area (Å²) >= 11 is 0. The molecule has 2 unspecified atom stereocenters. The third-order valence-electron chi connectivity index (χ3n) is 2.50. The first-order valence-electron chi connectivity index (χ1n) is 4.70. The maximum Gasteiger partial charge on any atom is 0.0230 e. The molecule has 3 heteroatoms. The lowest BCUT2D eigenvalue weighted by Gasteiger charge is -2.26. The van der Waals surface area contributed by atoms with E-state index in [1.807, 2.05) is 7.05 Å². The quantitative estimate of drug-likeness (QED) is 0.557. The second-order valence-corrected chi connectivity index (χ2v) is 4.51. The highest BCUT2D eigenvalue weighted by atomic mass is 15.0. The van der Waals surface area contributed by atoms with Crippen molar-refractivity contribution in [2.45, 2.75) is 31.8 Å². The predicted octanol–water partition coefficient (Wildman–Crippen LogP) is -0.0788.